The lowest BCUT2D eigenvalue weighted by atomic mass is 10.1. The van der Waals surface area contributed by atoms with Crippen molar-refractivity contribution in [2.24, 2.45) is 0 Å². The van der Waals surface area contributed by atoms with E-state index in [9.17, 15) is 14.4 Å². The average Bonchev–Trinajstić information content (AvgIpc) is 3.08. The van der Waals surface area contributed by atoms with Crippen LogP contribution in [0.5, 0.6) is 11.5 Å². The molecular weight excluding hydrogens is 518 g/mol. The number of hydrogen-bond acceptors (Lipinski definition) is 6. The maximum absolute atomic E-state index is 12.9. The van der Waals surface area contributed by atoms with Crippen LogP contribution in [0.15, 0.2) is 82.2 Å². The molecule has 1 heterocycles. The van der Waals surface area contributed by atoms with Crippen LogP contribution in [0.3, 0.4) is 0 Å². The van der Waals surface area contributed by atoms with E-state index in [1.54, 1.807) is 48.5 Å². The van der Waals surface area contributed by atoms with E-state index < -0.39 is 11.9 Å². The second-order valence-electron chi connectivity index (χ2n) is 7.44. The molecule has 0 N–H and O–H groups in total. The molecule has 1 aliphatic heterocycles. The highest BCUT2D eigenvalue weighted by atomic mass is 79.9. The Labute approximate surface area is 209 Å². The van der Waals surface area contributed by atoms with Crippen molar-refractivity contribution in [1.82, 2.24) is 4.90 Å². The van der Waals surface area contributed by atoms with Gasteiger partial charge in [0.05, 0.1) is 17.0 Å². The molecule has 2 amide bonds. The van der Waals surface area contributed by atoms with Crippen LogP contribution < -0.4 is 9.47 Å². The van der Waals surface area contributed by atoms with Gasteiger partial charge in [0.25, 0.3) is 11.1 Å². The zero-order valence-electron chi connectivity index (χ0n) is 18.2. The number of carbonyl (C=O) groups excluding carboxylic acids is 3. The highest BCUT2D eigenvalue weighted by Gasteiger charge is 2.35. The number of esters is 1. The van der Waals surface area contributed by atoms with E-state index in [0.717, 1.165) is 26.7 Å². The van der Waals surface area contributed by atoms with E-state index in [1.807, 2.05) is 37.3 Å². The third-order valence-electron chi connectivity index (χ3n) is 4.92. The lowest BCUT2D eigenvalue weighted by Crippen LogP contribution is -2.32. The number of aryl methyl sites for hydroxylation is 1. The highest BCUT2D eigenvalue weighted by Crippen LogP contribution is 2.35. The van der Waals surface area contributed by atoms with E-state index in [2.05, 4.69) is 15.9 Å². The van der Waals surface area contributed by atoms with Crippen molar-refractivity contribution < 1.29 is 23.9 Å². The summed E-state index contributed by atoms with van der Waals surface area (Å²) in [7, 11) is 0. The Bertz CT molecular complexity index is 1280. The van der Waals surface area contributed by atoms with E-state index in [4.69, 9.17) is 9.47 Å². The second-order valence-corrected chi connectivity index (χ2v) is 9.34. The third-order valence-corrected chi connectivity index (χ3v) is 6.32. The molecule has 34 heavy (non-hydrogen) atoms. The maximum Gasteiger partial charge on any atom is 0.343 e. The Morgan fingerprint density at radius 2 is 1.82 bits per heavy atom. The van der Waals surface area contributed by atoms with Crippen LogP contribution in [0.25, 0.3) is 6.08 Å². The van der Waals surface area contributed by atoms with Gasteiger partial charge >= 0.3 is 5.97 Å². The van der Waals surface area contributed by atoms with Gasteiger partial charge < -0.3 is 9.47 Å². The molecule has 0 unspecified atom stereocenters. The van der Waals surface area contributed by atoms with Crippen LogP contribution in [0.4, 0.5) is 4.79 Å². The molecule has 3 aromatic carbocycles. The van der Waals surface area contributed by atoms with Gasteiger partial charge in [-0.05, 0) is 72.8 Å². The van der Waals surface area contributed by atoms with Gasteiger partial charge in [0, 0.05) is 10.0 Å². The topological polar surface area (TPSA) is 72.9 Å². The summed E-state index contributed by atoms with van der Waals surface area (Å²) in [6.45, 7) is 2.28. The fraction of sp³-hybridized carbons (Fsp3) is 0.115. The summed E-state index contributed by atoms with van der Waals surface area (Å²) in [4.78, 5) is 39.3. The van der Waals surface area contributed by atoms with Crippen molar-refractivity contribution in [3.63, 3.8) is 0 Å². The van der Waals surface area contributed by atoms with E-state index >= 15 is 0 Å². The summed E-state index contributed by atoms with van der Waals surface area (Å²) < 4.78 is 12.0. The average molecular weight is 538 g/mol. The first-order valence-corrected chi connectivity index (χ1v) is 12.0. The monoisotopic (exact) mass is 537 g/mol. The predicted octanol–water partition coefficient (Wildman–Crippen LogP) is 6.09. The lowest BCUT2D eigenvalue weighted by molar-refractivity contribution is -0.123. The molecule has 0 saturated carbocycles. The smallest absolute Gasteiger partial charge is 0.343 e. The van der Waals surface area contributed by atoms with Gasteiger partial charge in [-0.2, -0.15) is 0 Å². The van der Waals surface area contributed by atoms with Gasteiger partial charge in [0.15, 0.2) is 0 Å². The highest BCUT2D eigenvalue weighted by molar-refractivity contribution is 9.10. The number of ether oxygens (including phenoxy) is 2. The number of thioether (sulfide) groups is 1. The molecule has 1 aliphatic rings. The molecule has 4 rings (SSSR count). The molecule has 0 aliphatic carbocycles. The van der Waals surface area contributed by atoms with Crippen LogP contribution >= 0.6 is 27.7 Å². The first-order valence-electron chi connectivity index (χ1n) is 10.4. The van der Waals surface area contributed by atoms with Crippen LogP contribution in [-0.4, -0.2) is 35.2 Å². The minimum Gasteiger partial charge on any atom is -0.492 e. The molecule has 1 saturated heterocycles. The molecule has 0 atom stereocenters. The Morgan fingerprint density at radius 1 is 1.03 bits per heavy atom. The van der Waals surface area contributed by atoms with Gasteiger partial charge in [-0.15, -0.1) is 0 Å². The van der Waals surface area contributed by atoms with Crippen LogP contribution in [0.1, 0.15) is 21.5 Å². The summed E-state index contributed by atoms with van der Waals surface area (Å²) in [6, 6.07) is 21.3. The molecule has 8 heteroatoms. The van der Waals surface area contributed by atoms with Gasteiger partial charge in [0.2, 0.25) is 0 Å². The molecule has 172 valence electrons. The molecule has 0 aromatic heterocycles. The predicted molar refractivity (Wildman–Crippen MR) is 135 cm³/mol. The lowest BCUT2D eigenvalue weighted by Gasteiger charge is -2.13. The number of halogens is 1. The zero-order chi connectivity index (χ0) is 24.1. The van der Waals surface area contributed by atoms with E-state index in [-0.39, 0.29) is 29.0 Å². The fourth-order valence-corrected chi connectivity index (χ4v) is 4.49. The summed E-state index contributed by atoms with van der Waals surface area (Å²) in [5.41, 5.74) is 1.97. The van der Waals surface area contributed by atoms with Crippen molar-refractivity contribution in [1.29, 1.82) is 0 Å². The van der Waals surface area contributed by atoms with Crippen molar-refractivity contribution in [2.45, 2.75) is 6.92 Å². The van der Waals surface area contributed by atoms with Crippen LogP contribution in [0, 0.1) is 6.92 Å². The Morgan fingerprint density at radius 3 is 2.59 bits per heavy atom. The minimum absolute atomic E-state index is 0.129. The first kappa shape index (κ1) is 23.8. The molecule has 6 nitrogen and oxygen atoms in total. The van der Waals surface area contributed by atoms with Crippen LogP contribution in [0.2, 0.25) is 0 Å². The van der Waals surface area contributed by atoms with Crippen LogP contribution in [-0.2, 0) is 4.79 Å². The normalized spacial score (nSPS) is 14.5. The molecule has 3 aromatic rings. The van der Waals surface area contributed by atoms with E-state index in [1.165, 1.54) is 0 Å². The Kier molecular flexibility index (Phi) is 7.49. The zero-order valence-corrected chi connectivity index (χ0v) is 20.6. The second kappa shape index (κ2) is 10.7. The number of amides is 2. The Balaban J connectivity index is 1.48. The van der Waals surface area contributed by atoms with Gasteiger partial charge in [-0.1, -0.05) is 46.3 Å². The SMILES string of the molecule is Cc1cccc(OCCN2C(=O)S/C(=C\c3cc(Br)ccc3OC(=O)c3ccccc3)C2=O)c1. The summed E-state index contributed by atoms with van der Waals surface area (Å²) in [6.07, 6.45) is 1.56. The van der Waals surface area contributed by atoms with Gasteiger partial charge in [-0.25, -0.2) is 4.79 Å². The molecule has 0 spiro atoms. The maximum atomic E-state index is 12.9. The molecule has 0 bridgehead atoms. The number of imide groups is 1. The van der Waals surface area contributed by atoms with Crippen molar-refractivity contribution in [2.75, 3.05) is 13.2 Å². The standard InChI is InChI=1S/C26H20BrNO5S/c1-17-6-5-9-21(14-17)32-13-12-28-24(29)23(34-26(28)31)16-19-15-20(27)10-11-22(19)33-25(30)18-7-3-2-4-8-18/h2-11,14-16H,12-13H2,1H3/b23-16-. The number of hydrogen-bond donors (Lipinski definition) is 0. The summed E-state index contributed by atoms with van der Waals surface area (Å²) in [5, 5.41) is -0.373. The minimum atomic E-state index is -0.515. The molecule has 1 fully saturated rings. The van der Waals surface area contributed by atoms with Crippen molar-refractivity contribution >= 4 is 50.9 Å². The van der Waals surface area contributed by atoms with Crippen molar-refractivity contribution in [3.8, 4) is 11.5 Å². The summed E-state index contributed by atoms with van der Waals surface area (Å²) >= 11 is 4.24. The van der Waals surface area contributed by atoms with E-state index in [0.29, 0.717) is 16.9 Å². The largest absolute Gasteiger partial charge is 0.492 e. The third kappa shape index (κ3) is 5.76. The van der Waals surface area contributed by atoms with Gasteiger partial charge in [0.1, 0.15) is 18.1 Å². The molecule has 0 radical (unpaired) electrons. The number of benzene rings is 3. The number of carbonyl (C=O) groups is 3. The number of rotatable bonds is 7. The first-order chi connectivity index (χ1) is 16.4. The van der Waals surface area contributed by atoms with Gasteiger partial charge in [-0.3, -0.25) is 14.5 Å². The quantitative estimate of drug-likeness (QED) is 0.206. The molecular formula is C26H20BrNO5S. The fourth-order valence-electron chi connectivity index (χ4n) is 3.25. The summed E-state index contributed by atoms with van der Waals surface area (Å²) in [5.74, 6) is 0.0373. The van der Waals surface area contributed by atoms with Crippen molar-refractivity contribution in [3.05, 3.63) is 98.9 Å². The Hall–Kier alpha value is -3.36. The number of nitrogens with zero attached hydrogens (tertiary/aromatic N) is 1.